The minimum Gasteiger partial charge on any atom is -0.480 e. The van der Waals surface area contributed by atoms with Crippen LogP contribution in [0.4, 0.5) is 0 Å². The first-order valence-corrected chi connectivity index (χ1v) is 10.2. The molecular weight excluding hydrogens is 416 g/mol. The normalized spacial score (nSPS) is 11.8. The number of carbonyl (C=O) groups is 3. The Morgan fingerprint density at radius 2 is 1.13 bits per heavy atom. The van der Waals surface area contributed by atoms with Gasteiger partial charge in [0.2, 0.25) is 12.3 Å². The lowest BCUT2D eigenvalue weighted by atomic mass is 10.3. The first-order chi connectivity index (χ1) is 15.1. The van der Waals surface area contributed by atoms with Crippen LogP contribution in [0.5, 0.6) is 0 Å². The van der Waals surface area contributed by atoms with Crippen molar-refractivity contribution in [2.24, 2.45) is 0 Å². The lowest BCUT2D eigenvalue weighted by molar-refractivity contribution is -0.141. The molecule has 0 aliphatic rings. The highest BCUT2D eigenvalue weighted by Gasteiger charge is 2.13. The highest BCUT2D eigenvalue weighted by atomic mass is 16.6. The van der Waals surface area contributed by atoms with Crippen molar-refractivity contribution in [1.82, 2.24) is 10.6 Å². The van der Waals surface area contributed by atoms with Gasteiger partial charge in [-0.1, -0.05) is 0 Å². The molecule has 0 saturated carbocycles. The molecule has 0 aliphatic heterocycles. The fourth-order valence-corrected chi connectivity index (χ4v) is 1.93. The predicted molar refractivity (Wildman–Crippen MR) is 109 cm³/mol. The number of aliphatic carboxylic acids is 1. The average molecular weight is 453 g/mol. The van der Waals surface area contributed by atoms with Crippen LogP contribution in [-0.2, 0) is 42.8 Å². The van der Waals surface area contributed by atoms with Crippen molar-refractivity contribution in [2.45, 2.75) is 19.4 Å². The molecule has 0 aliphatic carbocycles. The van der Waals surface area contributed by atoms with E-state index in [4.69, 9.17) is 33.5 Å². The van der Waals surface area contributed by atoms with Crippen molar-refractivity contribution in [2.75, 3.05) is 85.8 Å². The van der Waals surface area contributed by atoms with Gasteiger partial charge < -0.3 is 44.2 Å². The van der Waals surface area contributed by atoms with Crippen LogP contribution in [0.25, 0.3) is 0 Å². The molecular formula is C19H36N2O10. The van der Waals surface area contributed by atoms with Gasteiger partial charge in [-0.25, -0.2) is 0 Å². The molecule has 0 fully saturated rings. The fraction of sp³-hybridized carbons (Fsp3) is 0.842. The van der Waals surface area contributed by atoms with E-state index >= 15 is 0 Å². The van der Waals surface area contributed by atoms with E-state index in [0.29, 0.717) is 85.6 Å². The third-order valence-corrected chi connectivity index (χ3v) is 3.56. The molecule has 0 bridgehead atoms. The summed E-state index contributed by atoms with van der Waals surface area (Å²) in [5, 5.41) is 13.5. The molecule has 31 heavy (non-hydrogen) atoms. The third kappa shape index (κ3) is 22.7. The third-order valence-electron chi connectivity index (χ3n) is 3.56. The van der Waals surface area contributed by atoms with Gasteiger partial charge in [0.15, 0.2) is 0 Å². The van der Waals surface area contributed by atoms with Gasteiger partial charge in [0, 0.05) is 13.0 Å². The summed E-state index contributed by atoms with van der Waals surface area (Å²) in [5.74, 6) is -1.45. The number of nitrogens with one attached hydrogen (secondary N) is 2. The topological polar surface area (TPSA) is 151 Å². The zero-order valence-corrected chi connectivity index (χ0v) is 18.2. The van der Waals surface area contributed by atoms with Gasteiger partial charge in [0.05, 0.1) is 79.3 Å². The largest absolute Gasteiger partial charge is 0.480 e. The Labute approximate surface area is 182 Å². The number of hydrogen-bond donors (Lipinski definition) is 3. The van der Waals surface area contributed by atoms with Crippen molar-refractivity contribution in [1.29, 1.82) is 0 Å². The van der Waals surface area contributed by atoms with Crippen molar-refractivity contribution in [3.05, 3.63) is 0 Å². The summed E-state index contributed by atoms with van der Waals surface area (Å²) in [7, 11) is 0. The maximum atomic E-state index is 11.4. The number of amides is 2. The first kappa shape index (κ1) is 29.2. The molecule has 0 spiro atoms. The molecule has 0 aromatic carbocycles. The Morgan fingerprint density at radius 1 is 0.742 bits per heavy atom. The molecule has 182 valence electrons. The van der Waals surface area contributed by atoms with E-state index in [1.165, 1.54) is 6.92 Å². The van der Waals surface area contributed by atoms with Gasteiger partial charge in [-0.15, -0.1) is 0 Å². The molecule has 1 atom stereocenters. The summed E-state index contributed by atoms with van der Waals surface area (Å²) >= 11 is 0. The Morgan fingerprint density at radius 3 is 1.52 bits per heavy atom. The second kappa shape index (κ2) is 22.8. The molecule has 12 nitrogen and oxygen atoms in total. The van der Waals surface area contributed by atoms with Crippen LogP contribution in [-0.4, -0.2) is 115 Å². The van der Waals surface area contributed by atoms with Crippen LogP contribution in [0.3, 0.4) is 0 Å². The van der Waals surface area contributed by atoms with Gasteiger partial charge >= 0.3 is 5.97 Å². The van der Waals surface area contributed by atoms with E-state index in [-0.39, 0.29) is 18.9 Å². The van der Waals surface area contributed by atoms with Gasteiger partial charge in [-0.05, 0) is 6.92 Å². The molecule has 0 rings (SSSR count). The monoisotopic (exact) mass is 452 g/mol. The van der Waals surface area contributed by atoms with Crippen LogP contribution >= 0.6 is 0 Å². The van der Waals surface area contributed by atoms with Crippen LogP contribution < -0.4 is 10.6 Å². The lowest BCUT2D eigenvalue weighted by Crippen LogP contribution is -2.38. The minimum absolute atomic E-state index is 0.0970. The molecule has 2 amide bonds. The van der Waals surface area contributed by atoms with Crippen LogP contribution in [0.2, 0.25) is 0 Å². The second-order valence-corrected chi connectivity index (χ2v) is 6.12. The van der Waals surface area contributed by atoms with E-state index in [2.05, 4.69) is 10.6 Å². The Hall–Kier alpha value is -1.83. The number of carbonyl (C=O) groups excluding carboxylic acids is 2. The molecule has 0 unspecified atom stereocenters. The molecule has 0 heterocycles. The van der Waals surface area contributed by atoms with Crippen LogP contribution in [0.15, 0.2) is 0 Å². The average Bonchev–Trinajstić information content (AvgIpc) is 2.74. The summed E-state index contributed by atoms with van der Waals surface area (Å²) in [6.07, 6.45) is 0.728. The maximum Gasteiger partial charge on any atom is 0.325 e. The summed E-state index contributed by atoms with van der Waals surface area (Å²) in [4.78, 5) is 32.0. The Balaban J connectivity index is 3.15. The maximum absolute atomic E-state index is 11.4. The summed E-state index contributed by atoms with van der Waals surface area (Å²) in [6.45, 7) is 6.92. The Bertz CT molecular complexity index is 453. The molecule has 12 heteroatoms. The number of carboxylic acids is 1. The van der Waals surface area contributed by atoms with Gasteiger partial charge in [0.1, 0.15) is 6.04 Å². The fourth-order valence-electron chi connectivity index (χ4n) is 1.93. The Kier molecular flexibility index (Phi) is 21.5. The van der Waals surface area contributed by atoms with Crippen molar-refractivity contribution < 1.29 is 47.9 Å². The highest BCUT2D eigenvalue weighted by Crippen LogP contribution is 1.89. The minimum atomic E-state index is -1.08. The first-order valence-electron chi connectivity index (χ1n) is 10.2. The highest BCUT2D eigenvalue weighted by molar-refractivity contribution is 5.83. The zero-order valence-electron chi connectivity index (χ0n) is 18.2. The number of hydrogen-bond acceptors (Lipinski definition) is 9. The number of ether oxygens (including phenoxy) is 6. The van der Waals surface area contributed by atoms with E-state index in [0.717, 1.165) is 0 Å². The van der Waals surface area contributed by atoms with Crippen molar-refractivity contribution in [3.63, 3.8) is 0 Å². The molecule has 0 aromatic rings. The van der Waals surface area contributed by atoms with Crippen molar-refractivity contribution in [3.8, 4) is 0 Å². The summed E-state index contributed by atoms with van der Waals surface area (Å²) in [5.41, 5.74) is 0. The van der Waals surface area contributed by atoms with Gasteiger partial charge in [-0.3, -0.25) is 14.4 Å². The molecule has 0 aromatic heterocycles. The SMILES string of the molecule is C[C@H](NC(=O)CCOCCOCCOCCOCCOCCOCCNC=O)C(=O)O. The smallest absolute Gasteiger partial charge is 0.325 e. The zero-order chi connectivity index (χ0) is 23.0. The van der Waals surface area contributed by atoms with Crippen molar-refractivity contribution >= 4 is 18.3 Å². The standard InChI is InChI=1S/C19H36N2O10/c1-17(19(24)25)21-18(23)2-4-26-6-8-28-10-12-30-14-15-31-13-11-29-9-7-27-5-3-20-16-22/h16-17H,2-15H2,1H3,(H,20,22)(H,21,23)(H,24,25)/t17-/m0/s1. The summed E-state index contributed by atoms with van der Waals surface area (Å²) in [6, 6.07) is -0.913. The number of rotatable bonds is 24. The predicted octanol–water partition coefficient (Wildman–Crippen LogP) is -1.19. The van der Waals surface area contributed by atoms with Gasteiger partial charge in [-0.2, -0.15) is 0 Å². The van der Waals surface area contributed by atoms with E-state index in [1.54, 1.807) is 0 Å². The van der Waals surface area contributed by atoms with Crippen LogP contribution in [0, 0.1) is 0 Å². The summed E-state index contributed by atoms with van der Waals surface area (Å²) < 4.78 is 31.8. The molecule has 3 N–H and O–H groups in total. The lowest BCUT2D eigenvalue weighted by Gasteiger charge is -2.10. The van der Waals surface area contributed by atoms with Gasteiger partial charge in [0.25, 0.3) is 0 Å². The molecule has 0 saturated heterocycles. The van der Waals surface area contributed by atoms with Crippen LogP contribution in [0.1, 0.15) is 13.3 Å². The molecule has 0 radical (unpaired) electrons. The number of carboxylic acid groups (broad SMARTS) is 1. The van der Waals surface area contributed by atoms with E-state index < -0.39 is 12.0 Å². The quantitative estimate of drug-likeness (QED) is 0.120. The van der Waals surface area contributed by atoms with E-state index in [1.807, 2.05) is 0 Å². The second-order valence-electron chi connectivity index (χ2n) is 6.12. The van der Waals surface area contributed by atoms with E-state index in [9.17, 15) is 14.4 Å².